The van der Waals surface area contributed by atoms with Gasteiger partial charge in [0.15, 0.2) is 0 Å². The highest BCUT2D eigenvalue weighted by atomic mass is 16.5. The summed E-state index contributed by atoms with van der Waals surface area (Å²) >= 11 is 0. The summed E-state index contributed by atoms with van der Waals surface area (Å²) in [6.07, 6.45) is 4.66. The zero-order valence-electron chi connectivity index (χ0n) is 22.2. The Labute approximate surface area is 212 Å². The van der Waals surface area contributed by atoms with Crippen LogP contribution >= 0.6 is 0 Å². The molecule has 0 bridgehead atoms. The molecule has 0 saturated carbocycles. The molecule has 35 heavy (non-hydrogen) atoms. The Hall–Kier alpha value is -2.53. The van der Waals surface area contributed by atoms with Crippen molar-refractivity contribution in [3.05, 3.63) is 59.2 Å². The Bertz CT molecular complexity index is 978. The van der Waals surface area contributed by atoms with Gasteiger partial charge in [-0.15, -0.1) is 0 Å². The summed E-state index contributed by atoms with van der Waals surface area (Å²) in [4.78, 5) is 20.1. The molecule has 2 aliphatic rings. The van der Waals surface area contributed by atoms with Gasteiger partial charge in [-0.3, -0.25) is 4.79 Å². The third-order valence-electron chi connectivity index (χ3n) is 7.58. The summed E-state index contributed by atoms with van der Waals surface area (Å²) in [6, 6.07) is 14.7. The molecule has 2 aliphatic heterocycles. The van der Waals surface area contributed by atoms with Gasteiger partial charge in [0.1, 0.15) is 5.75 Å². The molecular weight excluding hydrogens is 434 g/mol. The molecule has 0 N–H and O–H groups in total. The third-order valence-corrected chi connectivity index (χ3v) is 7.58. The van der Waals surface area contributed by atoms with Crippen molar-refractivity contribution in [3.63, 3.8) is 0 Å². The van der Waals surface area contributed by atoms with E-state index in [1.807, 2.05) is 11.8 Å². The van der Waals surface area contributed by atoms with Crippen LogP contribution < -0.4 is 9.64 Å². The van der Waals surface area contributed by atoms with Crippen molar-refractivity contribution in [2.75, 3.05) is 57.3 Å². The number of rotatable bonds is 8. The number of ether oxygens (including phenoxy) is 1. The number of benzene rings is 2. The number of hydrogen-bond donors (Lipinski definition) is 0. The zero-order valence-corrected chi connectivity index (χ0v) is 22.2. The van der Waals surface area contributed by atoms with Crippen LogP contribution in [-0.2, 0) is 6.42 Å². The number of anilines is 1. The number of likely N-dealkylation sites (tertiary alicyclic amines) is 1. The normalized spacial score (nSPS) is 18.5. The first-order valence-electron chi connectivity index (χ1n) is 13.4. The highest BCUT2D eigenvalue weighted by Gasteiger charge is 2.26. The molecule has 0 atom stereocenters. The maximum absolute atomic E-state index is 13.1. The Morgan fingerprint density at radius 1 is 1.00 bits per heavy atom. The topological polar surface area (TPSA) is 36.0 Å². The Balaban J connectivity index is 1.21. The van der Waals surface area contributed by atoms with Gasteiger partial charge in [-0.2, -0.15) is 0 Å². The summed E-state index contributed by atoms with van der Waals surface area (Å²) < 4.78 is 6.02. The van der Waals surface area contributed by atoms with E-state index in [2.05, 4.69) is 73.0 Å². The molecule has 5 heteroatoms. The second kappa shape index (κ2) is 11.5. The summed E-state index contributed by atoms with van der Waals surface area (Å²) in [5.41, 5.74) is 4.78. The molecule has 190 valence electrons. The molecule has 0 aliphatic carbocycles. The van der Waals surface area contributed by atoms with Crippen LogP contribution in [0.25, 0.3) is 0 Å². The van der Waals surface area contributed by atoms with Crippen molar-refractivity contribution in [3.8, 4) is 5.75 Å². The van der Waals surface area contributed by atoms with Crippen LogP contribution in [0.15, 0.2) is 42.5 Å². The van der Waals surface area contributed by atoms with Gasteiger partial charge in [-0.1, -0.05) is 32.9 Å². The van der Waals surface area contributed by atoms with Crippen molar-refractivity contribution in [2.24, 2.45) is 5.41 Å². The van der Waals surface area contributed by atoms with Crippen molar-refractivity contribution < 1.29 is 9.53 Å². The Morgan fingerprint density at radius 3 is 2.43 bits per heavy atom. The van der Waals surface area contributed by atoms with E-state index >= 15 is 0 Å². The predicted molar refractivity (Wildman–Crippen MR) is 145 cm³/mol. The highest BCUT2D eigenvalue weighted by molar-refractivity contribution is 5.96. The van der Waals surface area contributed by atoms with Crippen LogP contribution in [-0.4, -0.2) is 68.1 Å². The fraction of sp³-hybridized carbons (Fsp3) is 0.567. The molecule has 1 amide bonds. The molecule has 2 fully saturated rings. The molecule has 2 saturated heterocycles. The minimum absolute atomic E-state index is 0.161. The van der Waals surface area contributed by atoms with E-state index in [1.54, 1.807) is 0 Å². The van der Waals surface area contributed by atoms with Gasteiger partial charge >= 0.3 is 0 Å². The first kappa shape index (κ1) is 25.6. The lowest BCUT2D eigenvalue weighted by Crippen LogP contribution is -2.49. The molecule has 5 nitrogen and oxygen atoms in total. The Morgan fingerprint density at radius 2 is 1.74 bits per heavy atom. The number of carbonyl (C=O) groups is 1. The summed E-state index contributed by atoms with van der Waals surface area (Å²) in [6.45, 7) is 16.4. The number of piperazine rings is 1. The van der Waals surface area contributed by atoms with E-state index in [-0.39, 0.29) is 5.91 Å². The molecule has 0 spiro atoms. The quantitative estimate of drug-likeness (QED) is 0.476. The SMILES string of the molecule is CCc1ccc(C)c(C(=O)N2CCN(c3ccc(OCCCN4CCCC(C)(C)C4)cc3)CC2)c1. The molecule has 0 aromatic heterocycles. The Kier molecular flexibility index (Phi) is 8.38. The van der Waals surface area contributed by atoms with Crippen LogP contribution in [0, 0.1) is 12.3 Å². The highest BCUT2D eigenvalue weighted by Crippen LogP contribution is 2.28. The van der Waals surface area contributed by atoms with Gasteiger partial charge in [0.05, 0.1) is 6.61 Å². The van der Waals surface area contributed by atoms with E-state index in [0.717, 1.165) is 69.0 Å². The summed E-state index contributed by atoms with van der Waals surface area (Å²) in [5, 5.41) is 0. The predicted octanol–water partition coefficient (Wildman–Crippen LogP) is 5.41. The summed E-state index contributed by atoms with van der Waals surface area (Å²) in [5.74, 6) is 1.10. The number of aryl methyl sites for hydroxylation is 2. The smallest absolute Gasteiger partial charge is 0.254 e. The van der Waals surface area contributed by atoms with Crippen LogP contribution in [0.3, 0.4) is 0 Å². The van der Waals surface area contributed by atoms with Crippen LogP contribution in [0.2, 0.25) is 0 Å². The van der Waals surface area contributed by atoms with Crippen molar-refractivity contribution in [2.45, 2.75) is 53.4 Å². The van der Waals surface area contributed by atoms with E-state index in [9.17, 15) is 4.79 Å². The van der Waals surface area contributed by atoms with Crippen molar-refractivity contribution >= 4 is 11.6 Å². The van der Waals surface area contributed by atoms with E-state index in [1.165, 1.54) is 37.2 Å². The molecule has 2 aromatic rings. The van der Waals surface area contributed by atoms with Gasteiger partial charge in [0, 0.05) is 50.5 Å². The van der Waals surface area contributed by atoms with Crippen molar-refractivity contribution in [1.82, 2.24) is 9.80 Å². The second-order valence-corrected chi connectivity index (χ2v) is 11.0. The van der Waals surface area contributed by atoms with Gasteiger partial charge in [-0.25, -0.2) is 0 Å². The second-order valence-electron chi connectivity index (χ2n) is 11.0. The van der Waals surface area contributed by atoms with Gasteiger partial charge in [-0.05, 0) is 86.0 Å². The summed E-state index contributed by atoms with van der Waals surface area (Å²) in [7, 11) is 0. The van der Waals surface area contributed by atoms with Gasteiger partial charge in [0.25, 0.3) is 5.91 Å². The fourth-order valence-electron chi connectivity index (χ4n) is 5.42. The van der Waals surface area contributed by atoms with Gasteiger partial charge < -0.3 is 19.4 Å². The molecule has 2 heterocycles. The first-order chi connectivity index (χ1) is 16.8. The maximum Gasteiger partial charge on any atom is 0.254 e. The number of hydrogen-bond acceptors (Lipinski definition) is 4. The minimum Gasteiger partial charge on any atom is -0.494 e. The monoisotopic (exact) mass is 477 g/mol. The van der Waals surface area contributed by atoms with E-state index in [4.69, 9.17) is 4.74 Å². The number of carbonyl (C=O) groups excluding carboxylic acids is 1. The number of amides is 1. The zero-order chi connectivity index (χ0) is 24.8. The standard InChI is InChI=1S/C30H43N3O2/c1-5-25-9-8-24(2)28(22-25)29(34)33-19-17-32(18-20-33)26-10-12-27(13-11-26)35-21-7-16-31-15-6-14-30(3,4)23-31/h8-13,22H,5-7,14-21,23H2,1-4H3. The lowest BCUT2D eigenvalue weighted by Gasteiger charge is -2.38. The average molecular weight is 478 g/mol. The average Bonchev–Trinajstić information content (AvgIpc) is 2.86. The lowest BCUT2D eigenvalue weighted by atomic mass is 9.84. The third kappa shape index (κ3) is 6.78. The molecule has 0 unspecified atom stereocenters. The largest absolute Gasteiger partial charge is 0.494 e. The maximum atomic E-state index is 13.1. The first-order valence-corrected chi connectivity index (χ1v) is 13.4. The van der Waals surface area contributed by atoms with Crippen LogP contribution in [0.5, 0.6) is 5.75 Å². The van der Waals surface area contributed by atoms with Crippen LogP contribution in [0.4, 0.5) is 5.69 Å². The number of piperidine rings is 1. The lowest BCUT2D eigenvalue weighted by molar-refractivity contribution is 0.0746. The molecule has 4 rings (SSSR count). The molecular formula is C30H43N3O2. The minimum atomic E-state index is 0.161. The van der Waals surface area contributed by atoms with E-state index < -0.39 is 0 Å². The van der Waals surface area contributed by atoms with Crippen molar-refractivity contribution in [1.29, 1.82) is 0 Å². The van der Waals surface area contributed by atoms with E-state index in [0.29, 0.717) is 5.41 Å². The molecule has 0 radical (unpaired) electrons. The van der Waals surface area contributed by atoms with Crippen LogP contribution in [0.1, 0.15) is 61.5 Å². The fourth-order valence-corrected chi connectivity index (χ4v) is 5.42. The number of nitrogens with zero attached hydrogens (tertiary/aromatic N) is 3. The molecule has 2 aromatic carbocycles. The van der Waals surface area contributed by atoms with Gasteiger partial charge in [0.2, 0.25) is 0 Å².